The van der Waals surface area contributed by atoms with Crippen LogP contribution >= 0.6 is 0 Å². The summed E-state index contributed by atoms with van der Waals surface area (Å²) in [5, 5.41) is 0. The van der Waals surface area contributed by atoms with Crippen LogP contribution in [0.4, 0.5) is 5.95 Å². The molecule has 1 saturated heterocycles. The van der Waals surface area contributed by atoms with Crippen molar-refractivity contribution in [2.45, 2.75) is 40.0 Å². The molecule has 25 heavy (non-hydrogen) atoms. The summed E-state index contributed by atoms with van der Waals surface area (Å²) in [4.78, 5) is 27.4. The smallest absolute Gasteiger partial charge is 0.225 e. The van der Waals surface area contributed by atoms with Gasteiger partial charge in [0.25, 0.3) is 0 Å². The van der Waals surface area contributed by atoms with Crippen LogP contribution in [0.5, 0.6) is 0 Å². The van der Waals surface area contributed by atoms with Gasteiger partial charge in [0.05, 0.1) is 0 Å². The van der Waals surface area contributed by atoms with Gasteiger partial charge in [-0.25, -0.2) is 9.97 Å². The number of rotatable bonds is 7. The molecule has 0 spiro atoms. The summed E-state index contributed by atoms with van der Waals surface area (Å²) in [7, 11) is 1.92. The van der Waals surface area contributed by atoms with E-state index in [0.717, 1.165) is 58.1 Å². The highest BCUT2D eigenvalue weighted by Crippen LogP contribution is 2.19. The van der Waals surface area contributed by atoms with E-state index in [0.29, 0.717) is 6.42 Å². The molecule has 2 heterocycles. The zero-order valence-electron chi connectivity index (χ0n) is 16.2. The maximum absolute atomic E-state index is 12.1. The lowest BCUT2D eigenvalue weighted by atomic mass is 9.91. The molecule has 0 atom stereocenters. The van der Waals surface area contributed by atoms with E-state index in [1.807, 2.05) is 18.0 Å². The van der Waals surface area contributed by atoms with Gasteiger partial charge in [-0.3, -0.25) is 9.69 Å². The minimum absolute atomic E-state index is 0.0630. The minimum atomic E-state index is 0.0630. The van der Waals surface area contributed by atoms with Gasteiger partial charge >= 0.3 is 0 Å². The van der Waals surface area contributed by atoms with Crippen LogP contribution in [-0.2, 0) is 4.79 Å². The van der Waals surface area contributed by atoms with E-state index in [4.69, 9.17) is 0 Å². The SMILES string of the molecule is CN(CCCCN1CCN(c2ncccn2)CC1)C(=O)CC(C)(C)C. The average molecular weight is 348 g/mol. The number of unbranched alkanes of at least 4 members (excludes halogenated alkanes) is 1. The fourth-order valence-corrected chi connectivity index (χ4v) is 3.02. The number of amides is 1. The molecule has 1 aromatic heterocycles. The van der Waals surface area contributed by atoms with Crippen LogP contribution in [0.1, 0.15) is 40.0 Å². The molecule has 0 N–H and O–H groups in total. The molecule has 0 radical (unpaired) electrons. The molecular weight excluding hydrogens is 314 g/mol. The number of nitrogens with zero attached hydrogens (tertiary/aromatic N) is 5. The summed E-state index contributed by atoms with van der Waals surface area (Å²) < 4.78 is 0. The molecule has 2 rings (SSSR count). The lowest BCUT2D eigenvalue weighted by Gasteiger charge is -2.34. The Kier molecular flexibility index (Phi) is 7.17. The van der Waals surface area contributed by atoms with E-state index in [1.54, 1.807) is 12.4 Å². The van der Waals surface area contributed by atoms with Gasteiger partial charge in [-0.1, -0.05) is 20.8 Å². The highest BCUT2D eigenvalue weighted by atomic mass is 16.2. The number of aromatic nitrogens is 2. The summed E-state index contributed by atoms with van der Waals surface area (Å²) in [6.07, 6.45) is 6.41. The summed E-state index contributed by atoms with van der Waals surface area (Å²) in [6.45, 7) is 12.4. The predicted molar refractivity (Wildman–Crippen MR) is 102 cm³/mol. The van der Waals surface area contributed by atoms with Crippen molar-refractivity contribution in [3.8, 4) is 0 Å². The molecule has 1 amide bonds. The van der Waals surface area contributed by atoms with Gasteiger partial charge in [0.1, 0.15) is 0 Å². The molecule has 1 aromatic rings. The van der Waals surface area contributed by atoms with Crippen LogP contribution in [0.25, 0.3) is 0 Å². The fraction of sp³-hybridized carbons (Fsp3) is 0.737. The van der Waals surface area contributed by atoms with Gasteiger partial charge in [0.2, 0.25) is 11.9 Å². The topological polar surface area (TPSA) is 52.6 Å². The highest BCUT2D eigenvalue weighted by Gasteiger charge is 2.20. The summed E-state index contributed by atoms with van der Waals surface area (Å²) >= 11 is 0. The van der Waals surface area contributed by atoms with Crippen LogP contribution < -0.4 is 4.90 Å². The van der Waals surface area contributed by atoms with Crippen molar-refractivity contribution in [1.29, 1.82) is 0 Å². The number of hydrogen-bond donors (Lipinski definition) is 0. The fourth-order valence-electron chi connectivity index (χ4n) is 3.02. The third-order valence-electron chi connectivity index (χ3n) is 4.53. The maximum Gasteiger partial charge on any atom is 0.225 e. The van der Waals surface area contributed by atoms with Gasteiger partial charge in [-0.2, -0.15) is 0 Å². The first kappa shape index (κ1) is 19.6. The predicted octanol–water partition coefficient (Wildman–Crippen LogP) is 2.27. The Hall–Kier alpha value is -1.69. The van der Waals surface area contributed by atoms with Crippen molar-refractivity contribution < 1.29 is 4.79 Å². The van der Waals surface area contributed by atoms with Crippen molar-refractivity contribution in [1.82, 2.24) is 19.8 Å². The molecule has 0 aliphatic carbocycles. The zero-order chi connectivity index (χ0) is 18.3. The van der Waals surface area contributed by atoms with Crippen molar-refractivity contribution >= 4 is 11.9 Å². The molecule has 1 fully saturated rings. The van der Waals surface area contributed by atoms with Gasteiger partial charge in [-0.15, -0.1) is 0 Å². The molecule has 0 bridgehead atoms. The molecule has 0 unspecified atom stereocenters. The first-order valence-electron chi connectivity index (χ1n) is 9.33. The highest BCUT2D eigenvalue weighted by molar-refractivity contribution is 5.76. The molecule has 6 nitrogen and oxygen atoms in total. The second-order valence-electron chi connectivity index (χ2n) is 8.14. The number of piperazine rings is 1. The van der Waals surface area contributed by atoms with Crippen LogP contribution in [0.2, 0.25) is 0 Å². The van der Waals surface area contributed by atoms with Gasteiger partial charge < -0.3 is 9.80 Å². The third kappa shape index (κ3) is 6.98. The lowest BCUT2D eigenvalue weighted by molar-refractivity contribution is -0.131. The Balaban J connectivity index is 1.60. The molecule has 1 aliphatic heterocycles. The van der Waals surface area contributed by atoms with E-state index < -0.39 is 0 Å². The monoisotopic (exact) mass is 347 g/mol. The second-order valence-corrected chi connectivity index (χ2v) is 8.14. The third-order valence-corrected chi connectivity index (χ3v) is 4.53. The van der Waals surface area contributed by atoms with E-state index >= 15 is 0 Å². The van der Waals surface area contributed by atoms with Gasteiger partial charge in [0, 0.05) is 58.6 Å². The van der Waals surface area contributed by atoms with Crippen molar-refractivity contribution in [2.75, 3.05) is 51.2 Å². The Bertz CT molecular complexity index is 520. The number of carbonyl (C=O) groups excluding carboxylic acids is 1. The molecule has 6 heteroatoms. The summed E-state index contributed by atoms with van der Waals surface area (Å²) in [5.41, 5.74) is 0.0630. The van der Waals surface area contributed by atoms with Crippen molar-refractivity contribution in [3.63, 3.8) is 0 Å². The Morgan fingerprint density at radius 2 is 1.76 bits per heavy atom. The van der Waals surface area contributed by atoms with E-state index in [-0.39, 0.29) is 11.3 Å². The standard InChI is InChI=1S/C19H33N5O/c1-19(2,3)16-17(25)22(4)10-5-6-11-23-12-14-24(15-13-23)18-20-8-7-9-21-18/h7-9H,5-6,10-16H2,1-4H3. The zero-order valence-corrected chi connectivity index (χ0v) is 16.2. The molecule has 1 aliphatic rings. The minimum Gasteiger partial charge on any atom is -0.346 e. The molecule has 0 aromatic carbocycles. The summed E-state index contributed by atoms with van der Waals surface area (Å²) in [5.74, 6) is 1.09. The molecule has 0 saturated carbocycles. The van der Waals surface area contributed by atoms with Gasteiger partial charge in [0.15, 0.2) is 0 Å². The second kappa shape index (κ2) is 9.13. The largest absolute Gasteiger partial charge is 0.346 e. The van der Waals surface area contributed by atoms with Crippen molar-refractivity contribution in [2.24, 2.45) is 5.41 Å². The maximum atomic E-state index is 12.1. The number of anilines is 1. The Morgan fingerprint density at radius 3 is 2.36 bits per heavy atom. The lowest BCUT2D eigenvalue weighted by Crippen LogP contribution is -2.47. The van der Waals surface area contributed by atoms with Crippen molar-refractivity contribution in [3.05, 3.63) is 18.5 Å². The van der Waals surface area contributed by atoms with Crippen LogP contribution in [0.15, 0.2) is 18.5 Å². The molecular formula is C19H33N5O. The van der Waals surface area contributed by atoms with E-state index in [9.17, 15) is 4.79 Å². The average Bonchev–Trinajstić information content (AvgIpc) is 2.58. The summed E-state index contributed by atoms with van der Waals surface area (Å²) in [6, 6.07) is 1.85. The Labute approximate surface area is 152 Å². The van der Waals surface area contributed by atoms with E-state index in [2.05, 4.69) is 40.5 Å². The number of carbonyl (C=O) groups is 1. The normalized spacial score (nSPS) is 16.1. The van der Waals surface area contributed by atoms with Gasteiger partial charge in [-0.05, 0) is 30.9 Å². The number of hydrogen-bond acceptors (Lipinski definition) is 5. The van der Waals surface area contributed by atoms with Crippen LogP contribution in [-0.4, -0.2) is 72.0 Å². The van der Waals surface area contributed by atoms with Crippen LogP contribution in [0.3, 0.4) is 0 Å². The first-order chi connectivity index (χ1) is 11.8. The Morgan fingerprint density at radius 1 is 1.12 bits per heavy atom. The quantitative estimate of drug-likeness (QED) is 0.708. The molecule has 140 valence electrons. The van der Waals surface area contributed by atoms with E-state index in [1.165, 1.54) is 0 Å². The first-order valence-corrected chi connectivity index (χ1v) is 9.33. The van der Waals surface area contributed by atoms with Crippen LogP contribution in [0, 0.1) is 5.41 Å².